The first-order valence-electron chi connectivity index (χ1n) is 15.3. The van der Waals surface area contributed by atoms with Crippen molar-refractivity contribution in [2.45, 2.75) is 71.4 Å². The number of anilines is 1. The lowest BCUT2D eigenvalue weighted by Crippen LogP contribution is -2.27. The normalized spacial score (nSPS) is 11.5. The summed E-state index contributed by atoms with van der Waals surface area (Å²) in [6, 6.07) is 14.9. The molecular weight excluding hydrogens is 644 g/mol. The molecule has 0 saturated carbocycles. The van der Waals surface area contributed by atoms with E-state index >= 15 is 0 Å². The van der Waals surface area contributed by atoms with Crippen LogP contribution < -0.4 is 19.1 Å². The van der Waals surface area contributed by atoms with E-state index in [1.54, 1.807) is 21.1 Å². The predicted molar refractivity (Wildman–Crippen MR) is 177 cm³/mol. The molecule has 1 heterocycles. The summed E-state index contributed by atoms with van der Waals surface area (Å²) in [5.41, 5.74) is 1.43. The number of hydrogen-bond acceptors (Lipinski definition) is 10. The molecule has 45 heavy (non-hydrogen) atoms. The van der Waals surface area contributed by atoms with Crippen molar-refractivity contribution in [3.8, 4) is 17.5 Å². The third kappa shape index (κ3) is 10.6. The van der Waals surface area contributed by atoms with Gasteiger partial charge in [0.25, 0.3) is 0 Å². The van der Waals surface area contributed by atoms with Gasteiger partial charge in [-0.3, -0.25) is 14.9 Å². The van der Waals surface area contributed by atoms with Crippen LogP contribution in [0.25, 0.3) is 0 Å². The van der Waals surface area contributed by atoms with Crippen molar-refractivity contribution in [3.05, 3.63) is 75.5 Å². The lowest BCUT2D eigenvalue weighted by molar-refractivity contribution is -0.385. The minimum Gasteiger partial charge on any atom is -0.497 e. The second kappa shape index (κ2) is 18.8. The van der Waals surface area contributed by atoms with Crippen LogP contribution >= 0.6 is 15.9 Å². The Morgan fingerprint density at radius 1 is 0.911 bits per heavy atom. The molecule has 0 radical (unpaired) electrons. The van der Waals surface area contributed by atoms with Crippen LogP contribution in [0.2, 0.25) is 0 Å². The van der Waals surface area contributed by atoms with Gasteiger partial charge in [0.15, 0.2) is 0 Å². The summed E-state index contributed by atoms with van der Waals surface area (Å²) >= 11 is 3.44. The van der Waals surface area contributed by atoms with Crippen LogP contribution in [-0.2, 0) is 22.6 Å². The first kappa shape index (κ1) is 35.5. The summed E-state index contributed by atoms with van der Waals surface area (Å²) in [6.45, 7) is 4.77. The summed E-state index contributed by atoms with van der Waals surface area (Å²) in [6.07, 6.45) is 4.39. The molecule has 0 aliphatic heterocycles. The number of esters is 1. The minimum atomic E-state index is -0.959. The Hall–Kier alpha value is -3.93. The Morgan fingerprint density at radius 3 is 2.00 bits per heavy atom. The molecule has 0 N–H and O–H groups in total. The molecule has 244 valence electrons. The van der Waals surface area contributed by atoms with E-state index in [0.29, 0.717) is 30.9 Å². The van der Waals surface area contributed by atoms with Gasteiger partial charge in [0.05, 0.1) is 32.4 Å². The summed E-state index contributed by atoms with van der Waals surface area (Å²) in [5, 5.41) is 13.7. The van der Waals surface area contributed by atoms with Crippen molar-refractivity contribution >= 4 is 33.4 Å². The van der Waals surface area contributed by atoms with Crippen molar-refractivity contribution in [1.29, 1.82) is 0 Å². The Morgan fingerprint density at radius 2 is 1.51 bits per heavy atom. The van der Waals surface area contributed by atoms with Gasteiger partial charge in [-0.1, -0.05) is 66.4 Å². The van der Waals surface area contributed by atoms with Crippen molar-refractivity contribution < 1.29 is 28.7 Å². The number of benzene rings is 2. The van der Waals surface area contributed by atoms with Crippen LogP contribution in [0, 0.1) is 10.1 Å². The summed E-state index contributed by atoms with van der Waals surface area (Å²) in [7, 11) is 3.19. The van der Waals surface area contributed by atoms with Crippen LogP contribution in [0.1, 0.15) is 75.1 Å². The van der Waals surface area contributed by atoms with Gasteiger partial charge in [0, 0.05) is 18.4 Å². The van der Waals surface area contributed by atoms with E-state index in [4.69, 9.17) is 18.9 Å². The van der Waals surface area contributed by atoms with Crippen LogP contribution in [0.5, 0.6) is 17.5 Å². The van der Waals surface area contributed by atoms with Crippen LogP contribution in [-0.4, -0.2) is 53.6 Å². The standard InChI is InChI=1S/C33H43BrN4O7/c1-5-7-21-45-33-35-29(28(32(39)44-6-2)11-9-8-10-20-34)30(38(40)41)31(36-33)37(22-24-12-16-26(42-3)17-13-24)23-25-14-18-27(43-4)19-15-25/h12-19,28H,5-11,20-23H2,1-4H3. The largest absolute Gasteiger partial charge is 0.497 e. The number of carbonyl (C=O) groups excluding carboxylic acids is 1. The zero-order valence-corrected chi connectivity index (χ0v) is 28.1. The second-order valence-electron chi connectivity index (χ2n) is 10.4. The molecule has 0 spiro atoms. The molecule has 11 nitrogen and oxygen atoms in total. The number of aromatic nitrogens is 2. The second-order valence-corrected chi connectivity index (χ2v) is 11.2. The van der Waals surface area contributed by atoms with Gasteiger partial charge >= 0.3 is 17.7 Å². The van der Waals surface area contributed by atoms with Gasteiger partial charge in [-0.2, -0.15) is 9.97 Å². The van der Waals surface area contributed by atoms with Gasteiger partial charge in [0.2, 0.25) is 5.82 Å². The first-order chi connectivity index (χ1) is 21.8. The Kier molecular flexibility index (Phi) is 14.8. The molecule has 2 aromatic carbocycles. The molecule has 0 aliphatic rings. The number of rotatable bonds is 20. The number of nitrogens with zero attached hydrogens (tertiary/aromatic N) is 4. The first-order valence-corrected chi connectivity index (χ1v) is 16.4. The molecule has 0 saturated heterocycles. The van der Waals surface area contributed by atoms with Crippen LogP contribution in [0.15, 0.2) is 48.5 Å². The van der Waals surface area contributed by atoms with E-state index in [-0.39, 0.29) is 42.9 Å². The van der Waals surface area contributed by atoms with E-state index in [1.165, 1.54) is 0 Å². The maximum absolute atomic E-state index is 13.3. The number of carbonyl (C=O) groups is 1. The van der Waals surface area contributed by atoms with E-state index in [1.807, 2.05) is 60.4 Å². The fraction of sp³-hybridized carbons (Fsp3) is 0.485. The van der Waals surface area contributed by atoms with Gasteiger partial charge in [-0.25, -0.2) is 0 Å². The zero-order valence-electron chi connectivity index (χ0n) is 26.5. The number of alkyl halides is 1. The highest BCUT2D eigenvalue weighted by atomic mass is 79.9. The topological polar surface area (TPSA) is 126 Å². The number of unbranched alkanes of at least 4 members (excludes halogenated alkanes) is 3. The highest BCUT2D eigenvalue weighted by molar-refractivity contribution is 9.09. The van der Waals surface area contributed by atoms with Crippen LogP contribution in [0.3, 0.4) is 0 Å². The molecule has 1 aromatic heterocycles. The van der Waals surface area contributed by atoms with Gasteiger partial charge in [-0.05, 0) is 61.6 Å². The monoisotopic (exact) mass is 686 g/mol. The maximum Gasteiger partial charge on any atom is 0.334 e. The van der Waals surface area contributed by atoms with Crippen molar-refractivity contribution in [3.63, 3.8) is 0 Å². The van der Waals surface area contributed by atoms with Gasteiger partial charge < -0.3 is 23.8 Å². The molecule has 0 bridgehead atoms. The summed E-state index contributed by atoms with van der Waals surface area (Å²) in [4.78, 5) is 36.7. The van der Waals surface area contributed by atoms with Gasteiger partial charge in [0.1, 0.15) is 23.1 Å². The van der Waals surface area contributed by atoms with Crippen molar-refractivity contribution in [2.75, 3.05) is 37.7 Å². The Bertz CT molecular complexity index is 1310. The molecule has 1 unspecified atom stereocenters. The Labute approximate surface area is 273 Å². The lowest BCUT2D eigenvalue weighted by Gasteiger charge is -2.26. The summed E-state index contributed by atoms with van der Waals surface area (Å²) < 4.78 is 22.0. The smallest absolute Gasteiger partial charge is 0.334 e. The van der Waals surface area contributed by atoms with Gasteiger partial charge in [-0.15, -0.1) is 0 Å². The molecule has 0 aliphatic carbocycles. The molecule has 1 atom stereocenters. The fourth-order valence-electron chi connectivity index (χ4n) is 4.79. The number of nitro groups is 1. The number of halogens is 1. The Balaban J connectivity index is 2.22. The predicted octanol–water partition coefficient (Wildman–Crippen LogP) is 7.39. The third-order valence-corrected chi connectivity index (χ3v) is 7.74. The molecule has 0 fully saturated rings. The molecular formula is C33H43BrN4O7. The van der Waals surface area contributed by atoms with E-state index < -0.39 is 16.8 Å². The zero-order chi connectivity index (χ0) is 32.6. The molecule has 0 amide bonds. The average Bonchev–Trinajstić information content (AvgIpc) is 3.05. The highest BCUT2D eigenvalue weighted by Gasteiger charge is 2.37. The number of methoxy groups -OCH3 is 2. The van der Waals surface area contributed by atoms with Crippen molar-refractivity contribution in [1.82, 2.24) is 9.97 Å². The third-order valence-electron chi connectivity index (χ3n) is 7.18. The molecule has 3 aromatic rings. The number of hydrogen-bond donors (Lipinski definition) is 0. The lowest BCUT2D eigenvalue weighted by atomic mass is 9.96. The van der Waals surface area contributed by atoms with E-state index in [0.717, 1.165) is 42.1 Å². The number of ether oxygens (including phenoxy) is 4. The summed E-state index contributed by atoms with van der Waals surface area (Å²) in [5.74, 6) is -0.0581. The highest BCUT2D eigenvalue weighted by Crippen LogP contribution is 2.39. The fourth-order valence-corrected chi connectivity index (χ4v) is 5.18. The molecule has 12 heteroatoms. The van der Waals surface area contributed by atoms with Crippen molar-refractivity contribution in [2.24, 2.45) is 0 Å². The average molecular weight is 688 g/mol. The van der Waals surface area contributed by atoms with E-state index in [9.17, 15) is 14.9 Å². The van der Waals surface area contributed by atoms with Crippen LogP contribution in [0.4, 0.5) is 11.5 Å². The maximum atomic E-state index is 13.3. The minimum absolute atomic E-state index is 0.00301. The quantitative estimate of drug-likeness (QED) is 0.0390. The SMILES string of the molecule is CCCCOc1nc(C(CCCCCBr)C(=O)OCC)c([N+](=O)[O-])c(N(Cc2ccc(OC)cc2)Cc2ccc(OC)cc2)n1. The molecule has 3 rings (SSSR count). The van der Waals surface area contributed by atoms with E-state index in [2.05, 4.69) is 25.9 Å².